The van der Waals surface area contributed by atoms with Gasteiger partial charge in [-0.05, 0) is 19.9 Å². The van der Waals surface area contributed by atoms with Gasteiger partial charge in [-0.25, -0.2) is 0 Å². The van der Waals surface area contributed by atoms with Gasteiger partial charge in [0.2, 0.25) is 11.7 Å². The summed E-state index contributed by atoms with van der Waals surface area (Å²) in [5.74, 6) is 0.370. The number of hydrogen-bond acceptors (Lipinski definition) is 6. The predicted octanol–water partition coefficient (Wildman–Crippen LogP) is -0.0120. The standard InChI is InChI=1S/C19H23N5O4/c1-13-4-3-5-15(10-13)18-20-19-23(14(2)11-16(27)24(19)21-18)12-17(28)22(6-8-25)7-9-26/h3-5,10-11,25-26H,6-9,12H2,1-2H3. The molecule has 148 valence electrons. The van der Waals surface area contributed by atoms with E-state index in [4.69, 9.17) is 10.2 Å². The zero-order valence-corrected chi connectivity index (χ0v) is 15.9. The molecule has 0 aliphatic rings. The average Bonchev–Trinajstić information content (AvgIpc) is 3.11. The first-order valence-corrected chi connectivity index (χ1v) is 8.98. The quantitative estimate of drug-likeness (QED) is 0.591. The number of hydrogen-bond donors (Lipinski definition) is 2. The Balaban J connectivity index is 2.05. The summed E-state index contributed by atoms with van der Waals surface area (Å²) in [6.07, 6.45) is 0. The van der Waals surface area contributed by atoms with Crippen LogP contribution in [0.15, 0.2) is 35.1 Å². The first-order chi connectivity index (χ1) is 13.4. The largest absolute Gasteiger partial charge is 0.395 e. The number of carbonyl (C=O) groups is 1. The van der Waals surface area contributed by atoms with E-state index >= 15 is 0 Å². The fraction of sp³-hybridized carbons (Fsp3) is 0.368. The molecular weight excluding hydrogens is 362 g/mol. The molecule has 0 aliphatic carbocycles. The van der Waals surface area contributed by atoms with Crippen LogP contribution < -0.4 is 5.56 Å². The summed E-state index contributed by atoms with van der Waals surface area (Å²) in [6, 6.07) is 9.03. The van der Waals surface area contributed by atoms with Crippen LogP contribution in [0.3, 0.4) is 0 Å². The molecule has 0 saturated carbocycles. The Hall–Kier alpha value is -3.04. The van der Waals surface area contributed by atoms with E-state index < -0.39 is 0 Å². The van der Waals surface area contributed by atoms with Crippen LogP contribution in [0.4, 0.5) is 0 Å². The van der Waals surface area contributed by atoms with E-state index in [2.05, 4.69) is 10.1 Å². The molecule has 9 nitrogen and oxygen atoms in total. The number of aromatic nitrogens is 4. The number of carbonyl (C=O) groups excluding carboxylic acids is 1. The van der Waals surface area contributed by atoms with Gasteiger partial charge in [0.1, 0.15) is 6.54 Å². The molecule has 1 aromatic carbocycles. The number of aryl methyl sites for hydroxylation is 2. The lowest BCUT2D eigenvalue weighted by molar-refractivity contribution is -0.132. The third-order valence-electron chi connectivity index (χ3n) is 4.46. The monoisotopic (exact) mass is 385 g/mol. The van der Waals surface area contributed by atoms with Gasteiger partial charge in [-0.1, -0.05) is 23.8 Å². The van der Waals surface area contributed by atoms with Gasteiger partial charge in [0, 0.05) is 30.4 Å². The highest BCUT2D eigenvalue weighted by molar-refractivity contribution is 5.76. The summed E-state index contributed by atoms with van der Waals surface area (Å²) < 4.78 is 2.79. The highest BCUT2D eigenvalue weighted by atomic mass is 16.3. The first kappa shape index (κ1) is 19.7. The van der Waals surface area contributed by atoms with Crippen molar-refractivity contribution in [3.63, 3.8) is 0 Å². The third kappa shape index (κ3) is 3.95. The minimum absolute atomic E-state index is 0.0818. The molecular formula is C19H23N5O4. The zero-order chi connectivity index (χ0) is 20.3. The van der Waals surface area contributed by atoms with E-state index in [9.17, 15) is 9.59 Å². The van der Waals surface area contributed by atoms with Crippen molar-refractivity contribution in [3.8, 4) is 11.4 Å². The van der Waals surface area contributed by atoms with Crippen molar-refractivity contribution in [2.45, 2.75) is 20.4 Å². The third-order valence-corrected chi connectivity index (χ3v) is 4.46. The van der Waals surface area contributed by atoms with Crippen LogP contribution in [0.25, 0.3) is 17.2 Å². The van der Waals surface area contributed by atoms with Crippen LogP contribution in [0.1, 0.15) is 11.3 Å². The molecule has 2 aromatic heterocycles. The van der Waals surface area contributed by atoms with E-state index in [0.717, 1.165) is 11.1 Å². The summed E-state index contributed by atoms with van der Waals surface area (Å²) in [5, 5.41) is 22.6. The van der Waals surface area contributed by atoms with Crippen molar-refractivity contribution in [2.24, 2.45) is 0 Å². The molecule has 0 aliphatic heterocycles. The highest BCUT2D eigenvalue weighted by Crippen LogP contribution is 2.17. The van der Waals surface area contributed by atoms with Crippen molar-refractivity contribution >= 4 is 11.7 Å². The molecule has 0 atom stereocenters. The molecule has 3 rings (SSSR count). The topological polar surface area (TPSA) is 113 Å². The predicted molar refractivity (Wildman–Crippen MR) is 103 cm³/mol. The maximum Gasteiger partial charge on any atom is 0.275 e. The Morgan fingerprint density at radius 1 is 1.14 bits per heavy atom. The minimum atomic E-state index is -0.329. The van der Waals surface area contributed by atoms with E-state index in [-0.39, 0.29) is 50.1 Å². The van der Waals surface area contributed by atoms with Crippen molar-refractivity contribution in [1.82, 2.24) is 24.1 Å². The molecule has 0 spiro atoms. The van der Waals surface area contributed by atoms with Gasteiger partial charge in [-0.2, -0.15) is 9.50 Å². The molecule has 1 amide bonds. The Bertz CT molecular complexity index is 1050. The summed E-state index contributed by atoms with van der Waals surface area (Å²) in [5.41, 5.74) is 2.06. The first-order valence-electron chi connectivity index (χ1n) is 8.98. The van der Waals surface area contributed by atoms with Crippen LogP contribution >= 0.6 is 0 Å². The van der Waals surface area contributed by atoms with E-state index in [1.165, 1.54) is 15.5 Å². The second-order valence-electron chi connectivity index (χ2n) is 6.55. The number of fused-ring (bicyclic) bond motifs is 1. The van der Waals surface area contributed by atoms with Gasteiger partial charge < -0.3 is 19.7 Å². The van der Waals surface area contributed by atoms with Crippen LogP contribution in [0.2, 0.25) is 0 Å². The molecule has 0 bridgehead atoms. The lowest BCUT2D eigenvalue weighted by Gasteiger charge is -2.22. The van der Waals surface area contributed by atoms with E-state index in [1.807, 2.05) is 31.2 Å². The van der Waals surface area contributed by atoms with Crippen molar-refractivity contribution in [1.29, 1.82) is 0 Å². The number of aliphatic hydroxyl groups excluding tert-OH is 2. The molecule has 0 saturated heterocycles. The summed E-state index contributed by atoms with van der Waals surface area (Å²) in [4.78, 5) is 30.9. The second kappa shape index (κ2) is 8.32. The minimum Gasteiger partial charge on any atom is -0.395 e. The van der Waals surface area contributed by atoms with Gasteiger partial charge in [-0.15, -0.1) is 5.10 Å². The molecule has 0 fully saturated rings. The van der Waals surface area contributed by atoms with Crippen molar-refractivity contribution in [3.05, 3.63) is 51.9 Å². The lowest BCUT2D eigenvalue weighted by atomic mass is 10.1. The summed E-state index contributed by atoms with van der Waals surface area (Å²) in [6.45, 7) is 3.43. The summed E-state index contributed by atoms with van der Waals surface area (Å²) in [7, 11) is 0. The van der Waals surface area contributed by atoms with Gasteiger partial charge in [0.05, 0.1) is 13.2 Å². The van der Waals surface area contributed by atoms with Crippen LogP contribution in [-0.4, -0.2) is 66.5 Å². The van der Waals surface area contributed by atoms with Gasteiger partial charge in [-0.3, -0.25) is 9.59 Å². The molecule has 2 heterocycles. The van der Waals surface area contributed by atoms with Crippen LogP contribution in [0.5, 0.6) is 0 Å². The Morgan fingerprint density at radius 3 is 2.50 bits per heavy atom. The SMILES string of the molecule is Cc1cccc(-c2nc3n(CC(=O)N(CCO)CCO)c(C)cc(=O)n3n2)c1. The summed E-state index contributed by atoms with van der Waals surface area (Å²) >= 11 is 0. The maximum absolute atomic E-state index is 12.6. The normalized spacial score (nSPS) is 11.1. The second-order valence-corrected chi connectivity index (χ2v) is 6.55. The van der Waals surface area contributed by atoms with Gasteiger partial charge >= 0.3 is 0 Å². The van der Waals surface area contributed by atoms with Gasteiger partial charge in [0.15, 0.2) is 5.82 Å². The van der Waals surface area contributed by atoms with E-state index in [0.29, 0.717) is 11.5 Å². The number of nitrogens with zero attached hydrogens (tertiary/aromatic N) is 5. The highest BCUT2D eigenvalue weighted by Gasteiger charge is 2.18. The van der Waals surface area contributed by atoms with E-state index in [1.54, 1.807) is 11.5 Å². The Labute approximate surface area is 161 Å². The van der Waals surface area contributed by atoms with Crippen LogP contribution in [0, 0.1) is 13.8 Å². The Kier molecular flexibility index (Phi) is 5.86. The fourth-order valence-corrected chi connectivity index (χ4v) is 3.04. The molecule has 28 heavy (non-hydrogen) atoms. The number of aliphatic hydroxyl groups is 2. The average molecular weight is 385 g/mol. The molecule has 2 N–H and O–H groups in total. The fourth-order valence-electron chi connectivity index (χ4n) is 3.04. The van der Waals surface area contributed by atoms with Crippen molar-refractivity contribution in [2.75, 3.05) is 26.3 Å². The number of amides is 1. The molecule has 0 unspecified atom stereocenters. The smallest absolute Gasteiger partial charge is 0.275 e. The van der Waals surface area contributed by atoms with Crippen molar-refractivity contribution < 1.29 is 15.0 Å². The number of rotatable bonds is 7. The lowest BCUT2D eigenvalue weighted by Crippen LogP contribution is -2.38. The Morgan fingerprint density at radius 2 is 1.86 bits per heavy atom. The van der Waals surface area contributed by atoms with Gasteiger partial charge in [0.25, 0.3) is 5.56 Å². The molecule has 9 heteroatoms. The number of benzene rings is 1. The van der Waals surface area contributed by atoms with Crippen LogP contribution in [-0.2, 0) is 11.3 Å². The zero-order valence-electron chi connectivity index (χ0n) is 15.9. The maximum atomic E-state index is 12.6. The molecule has 0 radical (unpaired) electrons. The molecule has 3 aromatic rings.